The summed E-state index contributed by atoms with van der Waals surface area (Å²) in [5.41, 5.74) is 0. The molecule has 1 rings (SSSR count). The Kier molecular flexibility index (Phi) is 6.74. The molecule has 0 aromatic rings. The lowest BCUT2D eigenvalue weighted by Gasteiger charge is -2.11. The Hall–Kier alpha value is 0.310. The fourth-order valence-corrected chi connectivity index (χ4v) is 3.39. The molecule has 0 N–H and O–H groups in total. The van der Waals surface area contributed by atoms with Gasteiger partial charge >= 0.3 is 0 Å². The van der Waals surface area contributed by atoms with E-state index in [2.05, 4.69) is 13.8 Å². The Morgan fingerprint density at radius 2 is 2.07 bits per heavy atom. The Labute approximate surface area is 94.4 Å². The van der Waals surface area contributed by atoms with Crippen LogP contribution in [0.1, 0.15) is 39.5 Å². The van der Waals surface area contributed by atoms with E-state index in [1.807, 2.05) is 0 Å². The zero-order valence-electron chi connectivity index (χ0n) is 10.1. The van der Waals surface area contributed by atoms with Crippen molar-refractivity contribution in [3.63, 3.8) is 0 Å². The lowest BCUT2D eigenvalue weighted by Crippen LogP contribution is -2.18. The molecule has 1 saturated heterocycles. The predicted octanol–water partition coefficient (Wildman–Crippen LogP) is 3.33. The summed E-state index contributed by atoms with van der Waals surface area (Å²) < 4.78 is 16.7. The van der Waals surface area contributed by atoms with E-state index in [4.69, 9.17) is 13.8 Å². The van der Waals surface area contributed by atoms with Gasteiger partial charge in [0.2, 0.25) is 0 Å². The van der Waals surface area contributed by atoms with Crippen molar-refractivity contribution in [2.45, 2.75) is 51.7 Å². The largest absolute Gasteiger partial charge is 0.385 e. The maximum Gasteiger partial charge on any atom is 0.171 e. The predicted molar refractivity (Wildman–Crippen MR) is 63.2 cm³/mol. The SMILES string of the molecule is CCCP1OC(C)C(CCCCOC)O1. The first kappa shape index (κ1) is 13.4. The maximum atomic E-state index is 5.90. The Morgan fingerprint density at radius 3 is 2.73 bits per heavy atom. The Balaban J connectivity index is 2.13. The highest BCUT2D eigenvalue weighted by Gasteiger charge is 2.32. The van der Waals surface area contributed by atoms with E-state index < -0.39 is 8.38 Å². The van der Waals surface area contributed by atoms with Crippen molar-refractivity contribution in [1.29, 1.82) is 0 Å². The molecular formula is C11H23O3P. The molecule has 1 heterocycles. The number of methoxy groups -OCH3 is 1. The molecule has 0 aliphatic carbocycles. The molecule has 15 heavy (non-hydrogen) atoms. The van der Waals surface area contributed by atoms with Gasteiger partial charge in [-0.2, -0.15) is 0 Å². The van der Waals surface area contributed by atoms with E-state index in [-0.39, 0.29) is 6.10 Å². The van der Waals surface area contributed by atoms with Gasteiger partial charge in [0.15, 0.2) is 8.38 Å². The van der Waals surface area contributed by atoms with Crippen LogP contribution in [0.3, 0.4) is 0 Å². The van der Waals surface area contributed by atoms with Gasteiger partial charge in [0, 0.05) is 19.9 Å². The van der Waals surface area contributed by atoms with Gasteiger partial charge in [-0.25, -0.2) is 0 Å². The van der Waals surface area contributed by atoms with Crippen LogP contribution in [0.4, 0.5) is 0 Å². The summed E-state index contributed by atoms with van der Waals surface area (Å²) in [7, 11) is 1.17. The molecule has 3 atom stereocenters. The quantitative estimate of drug-likeness (QED) is 0.499. The zero-order valence-corrected chi connectivity index (χ0v) is 11.0. The van der Waals surface area contributed by atoms with Crippen LogP contribution in [0.2, 0.25) is 0 Å². The lowest BCUT2D eigenvalue weighted by molar-refractivity contribution is 0.148. The van der Waals surface area contributed by atoms with Crippen LogP contribution in [0.15, 0.2) is 0 Å². The summed E-state index contributed by atoms with van der Waals surface area (Å²) >= 11 is 0. The number of unbranched alkanes of at least 4 members (excludes halogenated alkanes) is 1. The van der Waals surface area contributed by atoms with Crippen molar-refractivity contribution in [1.82, 2.24) is 0 Å². The molecule has 1 aliphatic heterocycles. The van der Waals surface area contributed by atoms with Crippen LogP contribution >= 0.6 is 8.38 Å². The standard InChI is InChI=1S/C11H23O3P/c1-4-9-15-13-10(2)11(14-15)7-5-6-8-12-3/h10-11H,4-9H2,1-3H3. The van der Waals surface area contributed by atoms with Gasteiger partial charge < -0.3 is 13.8 Å². The molecule has 0 aromatic carbocycles. The van der Waals surface area contributed by atoms with Crippen molar-refractivity contribution in [3.05, 3.63) is 0 Å². The minimum atomic E-state index is -0.580. The van der Waals surface area contributed by atoms with Crippen LogP contribution in [-0.4, -0.2) is 32.1 Å². The monoisotopic (exact) mass is 234 g/mol. The minimum Gasteiger partial charge on any atom is -0.385 e. The third-order valence-corrected chi connectivity index (χ3v) is 4.44. The molecule has 4 heteroatoms. The minimum absolute atomic E-state index is 0.283. The van der Waals surface area contributed by atoms with Crippen LogP contribution in [0, 0.1) is 0 Å². The highest BCUT2D eigenvalue weighted by molar-refractivity contribution is 7.47. The summed E-state index contributed by atoms with van der Waals surface area (Å²) in [4.78, 5) is 0. The molecular weight excluding hydrogens is 211 g/mol. The molecule has 3 nitrogen and oxygen atoms in total. The Bertz CT molecular complexity index is 166. The second kappa shape index (κ2) is 7.56. The van der Waals surface area contributed by atoms with Gasteiger partial charge in [-0.15, -0.1) is 0 Å². The van der Waals surface area contributed by atoms with Crippen molar-refractivity contribution in [2.75, 3.05) is 19.9 Å². The van der Waals surface area contributed by atoms with Crippen molar-refractivity contribution < 1.29 is 13.8 Å². The second-order valence-electron chi connectivity index (χ2n) is 4.00. The smallest absolute Gasteiger partial charge is 0.171 e. The van der Waals surface area contributed by atoms with Gasteiger partial charge in [0.1, 0.15) is 0 Å². The summed E-state index contributed by atoms with van der Waals surface area (Å²) in [6.07, 6.45) is 6.22. The van der Waals surface area contributed by atoms with Gasteiger partial charge in [-0.1, -0.05) is 6.92 Å². The molecule has 1 fully saturated rings. The van der Waals surface area contributed by atoms with E-state index in [1.165, 1.54) is 6.42 Å². The summed E-state index contributed by atoms with van der Waals surface area (Å²) in [6, 6.07) is 0. The highest BCUT2D eigenvalue weighted by Crippen LogP contribution is 2.49. The summed E-state index contributed by atoms with van der Waals surface area (Å²) in [5, 5.41) is 0. The van der Waals surface area contributed by atoms with E-state index in [9.17, 15) is 0 Å². The van der Waals surface area contributed by atoms with Crippen LogP contribution in [-0.2, 0) is 13.8 Å². The fraction of sp³-hybridized carbons (Fsp3) is 1.00. The zero-order chi connectivity index (χ0) is 11.1. The summed E-state index contributed by atoms with van der Waals surface area (Å²) in [5.74, 6) is 0. The van der Waals surface area contributed by atoms with Crippen molar-refractivity contribution >= 4 is 8.38 Å². The summed E-state index contributed by atoms with van der Waals surface area (Å²) in [6.45, 7) is 5.15. The highest BCUT2D eigenvalue weighted by atomic mass is 31.2. The van der Waals surface area contributed by atoms with Crippen LogP contribution in [0.5, 0.6) is 0 Å². The number of rotatable bonds is 7. The van der Waals surface area contributed by atoms with E-state index in [1.54, 1.807) is 7.11 Å². The fourth-order valence-electron chi connectivity index (χ4n) is 1.68. The number of hydrogen-bond donors (Lipinski definition) is 0. The molecule has 90 valence electrons. The van der Waals surface area contributed by atoms with Crippen molar-refractivity contribution in [3.8, 4) is 0 Å². The molecule has 1 aliphatic rings. The van der Waals surface area contributed by atoms with E-state index in [0.717, 1.165) is 32.0 Å². The average Bonchev–Trinajstić information content (AvgIpc) is 2.55. The molecule has 0 saturated carbocycles. The normalized spacial score (nSPS) is 31.0. The van der Waals surface area contributed by atoms with Crippen LogP contribution in [0.25, 0.3) is 0 Å². The topological polar surface area (TPSA) is 27.7 Å². The third-order valence-electron chi connectivity index (χ3n) is 2.55. The average molecular weight is 234 g/mol. The first-order chi connectivity index (χ1) is 7.27. The maximum absolute atomic E-state index is 5.90. The first-order valence-electron chi connectivity index (χ1n) is 5.88. The second-order valence-corrected chi connectivity index (χ2v) is 5.53. The molecule has 0 bridgehead atoms. The molecule has 0 spiro atoms. The Morgan fingerprint density at radius 1 is 1.27 bits per heavy atom. The third kappa shape index (κ3) is 4.78. The van der Waals surface area contributed by atoms with E-state index in [0.29, 0.717) is 6.10 Å². The molecule has 0 aromatic heterocycles. The van der Waals surface area contributed by atoms with Crippen LogP contribution < -0.4 is 0 Å². The first-order valence-corrected chi connectivity index (χ1v) is 7.24. The molecule has 0 radical (unpaired) electrons. The number of hydrogen-bond acceptors (Lipinski definition) is 3. The number of ether oxygens (including phenoxy) is 1. The molecule has 3 unspecified atom stereocenters. The van der Waals surface area contributed by atoms with Crippen molar-refractivity contribution in [2.24, 2.45) is 0 Å². The van der Waals surface area contributed by atoms with E-state index >= 15 is 0 Å². The van der Waals surface area contributed by atoms with Gasteiger partial charge in [0.05, 0.1) is 12.2 Å². The van der Waals surface area contributed by atoms with Gasteiger partial charge in [0.25, 0.3) is 0 Å². The molecule has 0 amide bonds. The van der Waals surface area contributed by atoms with Gasteiger partial charge in [-0.3, -0.25) is 0 Å². The lowest BCUT2D eigenvalue weighted by atomic mass is 10.1. The van der Waals surface area contributed by atoms with Gasteiger partial charge in [-0.05, 0) is 32.6 Å².